The number of aryl methyl sites for hydroxylation is 2. The average molecular weight is 273 g/mol. The van der Waals surface area contributed by atoms with Crippen molar-refractivity contribution in [3.8, 4) is 11.6 Å². The van der Waals surface area contributed by atoms with Gasteiger partial charge in [-0.2, -0.15) is 4.98 Å². The molecule has 6 heteroatoms. The molecule has 0 spiro atoms. The second kappa shape index (κ2) is 6.29. The maximum atomic E-state index is 5.86. The molecule has 6 nitrogen and oxygen atoms in total. The van der Waals surface area contributed by atoms with E-state index in [0.717, 1.165) is 24.1 Å². The zero-order valence-corrected chi connectivity index (χ0v) is 12.0. The smallest absolute Gasteiger partial charge is 0.227 e. The number of anilines is 1. The van der Waals surface area contributed by atoms with E-state index in [1.54, 1.807) is 6.20 Å². The fourth-order valence-electron chi connectivity index (χ4n) is 1.80. The lowest BCUT2D eigenvalue weighted by atomic mass is 10.2. The third-order valence-electron chi connectivity index (χ3n) is 2.92. The molecule has 2 rings (SSSR count). The Morgan fingerprint density at radius 2 is 2.10 bits per heavy atom. The van der Waals surface area contributed by atoms with Crippen LogP contribution in [0.3, 0.4) is 0 Å². The van der Waals surface area contributed by atoms with E-state index < -0.39 is 0 Å². The molecule has 20 heavy (non-hydrogen) atoms. The molecule has 0 aliphatic heterocycles. The molecule has 2 aromatic heterocycles. The first-order valence-electron chi connectivity index (χ1n) is 6.59. The Hall–Kier alpha value is -2.21. The summed E-state index contributed by atoms with van der Waals surface area (Å²) in [5, 5.41) is 0. The Bertz CT molecular complexity index is 600. The first-order chi connectivity index (χ1) is 9.65. The molecule has 0 saturated carbocycles. The molecule has 2 heterocycles. The van der Waals surface area contributed by atoms with Crippen molar-refractivity contribution >= 4 is 5.82 Å². The zero-order chi connectivity index (χ0) is 14.5. The maximum Gasteiger partial charge on any atom is 0.227 e. The molecule has 0 bridgehead atoms. The van der Waals surface area contributed by atoms with Crippen molar-refractivity contribution in [3.05, 3.63) is 35.4 Å². The van der Waals surface area contributed by atoms with Gasteiger partial charge < -0.3 is 10.2 Å². The first-order valence-corrected chi connectivity index (χ1v) is 6.59. The molecule has 3 N–H and O–H groups in total. The number of hydrazine groups is 1. The van der Waals surface area contributed by atoms with Crippen LogP contribution in [0.15, 0.2) is 18.3 Å². The number of nitrogens with zero attached hydrogens (tertiary/aromatic N) is 3. The van der Waals surface area contributed by atoms with Crippen LogP contribution >= 0.6 is 0 Å². The summed E-state index contributed by atoms with van der Waals surface area (Å²) in [6, 6.07) is 3.69. The van der Waals surface area contributed by atoms with Crippen LogP contribution in [0.1, 0.15) is 30.4 Å². The number of nitrogens with one attached hydrogen (secondary N) is 1. The van der Waals surface area contributed by atoms with Crippen molar-refractivity contribution in [2.24, 2.45) is 5.84 Å². The van der Waals surface area contributed by atoms with E-state index in [-0.39, 0.29) is 0 Å². The van der Waals surface area contributed by atoms with Gasteiger partial charge in [-0.1, -0.05) is 6.92 Å². The van der Waals surface area contributed by atoms with Gasteiger partial charge in [-0.05, 0) is 32.4 Å². The topological polar surface area (TPSA) is 86.0 Å². The summed E-state index contributed by atoms with van der Waals surface area (Å²) in [6.45, 7) is 5.83. The number of hydrogen-bond donors (Lipinski definition) is 2. The minimum absolute atomic E-state index is 0.507. The number of rotatable bonds is 5. The van der Waals surface area contributed by atoms with Crippen LogP contribution in [0.5, 0.6) is 11.6 Å². The summed E-state index contributed by atoms with van der Waals surface area (Å²) in [7, 11) is 0. The summed E-state index contributed by atoms with van der Waals surface area (Å²) >= 11 is 0. The van der Waals surface area contributed by atoms with E-state index in [1.807, 2.05) is 26.0 Å². The Morgan fingerprint density at radius 1 is 1.30 bits per heavy atom. The van der Waals surface area contributed by atoms with Crippen molar-refractivity contribution in [2.45, 2.75) is 33.6 Å². The van der Waals surface area contributed by atoms with E-state index >= 15 is 0 Å². The highest BCUT2D eigenvalue weighted by atomic mass is 16.5. The van der Waals surface area contributed by atoms with Crippen LogP contribution < -0.4 is 16.0 Å². The molecule has 2 aromatic rings. The fourth-order valence-corrected chi connectivity index (χ4v) is 1.80. The lowest BCUT2D eigenvalue weighted by Crippen LogP contribution is -2.13. The fraction of sp³-hybridized carbons (Fsp3) is 0.357. The SMILES string of the molecule is CCCc1nc(NN)c(C)c(Oc2cccnc2C)n1. The van der Waals surface area contributed by atoms with Gasteiger partial charge in [0.1, 0.15) is 11.6 Å². The van der Waals surface area contributed by atoms with Gasteiger partial charge in [0.25, 0.3) is 0 Å². The Labute approximate surface area is 118 Å². The summed E-state index contributed by atoms with van der Waals surface area (Å²) in [6.07, 6.45) is 3.46. The quantitative estimate of drug-likeness (QED) is 0.643. The predicted molar refractivity (Wildman–Crippen MR) is 77.6 cm³/mol. The van der Waals surface area contributed by atoms with Crippen LogP contribution in [0.25, 0.3) is 0 Å². The van der Waals surface area contributed by atoms with Crippen LogP contribution in [0.4, 0.5) is 5.82 Å². The van der Waals surface area contributed by atoms with Gasteiger partial charge in [-0.25, -0.2) is 10.8 Å². The van der Waals surface area contributed by atoms with Gasteiger partial charge in [-0.15, -0.1) is 0 Å². The van der Waals surface area contributed by atoms with Crippen molar-refractivity contribution < 1.29 is 4.74 Å². The summed E-state index contributed by atoms with van der Waals surface area (Å²) < 4.78 is 5.86. The standard InChI is InChI=1S/C14H19N5O/c1-4-6-12-17-13(19-15)9(2)14(18-12)20-11-7-5-8-16-10(11)3/h5,7-8H,4,6,15H2,1-3H3,(H,17,18,19). The number of ether oxygens (including phenoxy) is 1. The summed E-state index contributed by atoms with van der Waals surface area (Å²) in [5.41, 5.74) is 4.17. The number of nitrogen functional groups attached to an aromatic ring is 1. The van der Waals surface area contributed by atoms with Crippen molar-refractivity contribution in [1.29, 1.82) is 0 Å². The third kappa shape index (κ3) is 3.03. The monoisotopic (exact) mass is 273 g/mol. The van der Waals surface area contributed by atoms with Gasteiger partial charge in [-0.3, -0.25) is 4.98 Å². The van der Waals surface area contributed by atoms with Crippen molar-refractivity contribution in [3.63, 3.8) is 0 Å². The molecule has 0 amide bonds. The summed E-state index contributed by atoms with van der Waals surface area (Å²) in [5.74, 6) is 7.98. The van der Waals surface area contributed by atoms with Gasteiger partial charge in [0, 0.05) is 12.6 Å². The lowest BCUT2D eigenvalue weighted by Gasteiger charge is -2.13. The molecular formula is C14H19N5O. The second-order valence-electron chi connectivity index (χ2n) is 4.50. The molecule has 0 radical (unpaired) electrons. The highest BCUT2D eigenvalue weighted by Gasteiger charge is 2.13. The highest BCUT2D eigenvalue weighted by molar-refractivity contribution is 5.49. The molecular weight excluding hydrogens is 254 g/mol. The van der Waals surface area contributed by atoms with E-state index in [1.165, 1.54) is 0 Å². The first kappa shape index (κ1) is 14.2. The van der Waals surface area contributed by atoms with E-state index in [9.17, 15) is 0 Å². The van der Waals surface area contributed by atoms with Gasteiger partial charge >= 0.3 is 0 Å². The zero-order valence-electron chi connectivity index (χ0n) is 12.0. The number of pyridine rings is 1. The van der Waals surface area contributed by atoms with Gasteiger partial charge in [0.05, 0.1) is 11.3 Å². The number of hydrogen-bond acceptors (Lipinski definition) is 6. The Kier molecular flexibility index (Phi) is 4.47. The molecule has 0 atom stereocenters. The Balaban J connectivity index is 2.39. The molecule has 0 fully saturated rings. The summed E-state index contributed by atoms with van der Waals surface area (Å²) in [4.78, 5) is 13.0. The van der Waals surface area contributed by atoms with Crippen molar-refractivity contribution in [2.75, 3.05) is 5.43 Å². The highest BCUT2D eigenvalue weighted by Crippen LogP contribution is 2.28. The van der Waals surface area contributed by atoms with Gasteiger partial charge in [0.15, 0.2) is 5.75 Å². The number of nitrogens with two attached hydrogens (primary N) is 1. The molecule has 0 saturated heterocycles. The largest absolute Gasteiger partial charge is 0.437 e. The van der Waals surface area contributed by atoms with E-state index in [4.69, 9.17) is 10.6 Å². The third-order valence-corrected chi connectivity index (χ3v) is 2.92. The van der Waals surface area contributed by atoms with E-state index in [0.29, 0.717) is 23.3 Å². The van der Waals surface area contributed by atoms with Gasteiger partial charge in [0.2, 0.25) is 5.88 Å². The van der Waals surface area contributed by atoms with Crippen LogP contribution in [-0.2, 0) is 6.42 Å². The normalized spacial score (nSPS) is 10.4. The minimum atomic E-state index is 0.507. The Morgan fingerprint density at radius 3 is 2.75 bits per heavy atom. The molecule has 0 aromatic carbocycles. The van der Waals surface area contributed by atoms with Crippen LogP contribution in [0.2, 0.25) is 0 Å². The maximum absolute atomic E-state index is 5.86. The number of aromatic nitrogens is 3. The second-order valence-corrected chi connectivity index (χ2v) is 4.50. The van der Waals surface area contributed by atoms with Crippen molar-refractivity contribution in [1.82, 2.24) is 15.0 Å². The minimum Gasteiger partial charge on any atom is -0.437 e. The lowest BCUT2D eigenvalue weighted by molar-refractivity contribution is 0.448. The van der Waals surface area contributed by atoms with E-state index in [2.05, 4.69) is 27.3 Å². The molecule has 0 aliphatic rings. The predicted octanol–water partition coefficient (Wildman–Crippen LogP) is 2.52. The molecule has 106 valence electrons. The van der Waals surface area contributed by atoms with Crippen LogP contribution in [0, 0.1) is 13.8 Å². The molecule has 0 unspecified atom stereocenters. The molecule has 0 aliphatic carbocycles. The average Bonchev–Trinajstić information content (AvgIpc) is 2.45. The van der Waals surface area contributed by atoms with Crippen LogP contribution in [-0.4, -0.2) is 15.0 Å².